The minimum absolute atomic E-state index is 0.0407. The number of aryl methyl sites for hydroxylation is 3. The molecule has 0 aliphatic rings. The summed E-state index contributed by atoms with van der Waals surface area (Å²) >= 11 is 0. The summed E-state index contributed by atoms with van der Waals surface area (Å²) < 4.78 is 27.0. The number of sulfonamides is 1. The molecule has 1 aromatic rings. The summed E-state index contributed by atoms with van der Waals surface area (Å²) in [5.41, 5.74) is 2.91. The van der Waals surface area contributed by atoms with Crippen molar-refractivity contribution < 1.29 is 8.42 Å². The Balaban J connectivity index is 3.20. The van der Waals surface area contributed by atoms with Crippen molar-refractivity contribution in [3.8, 4) is 0 Å². The van der Waals surface area contributed by atoms with Crippen LogP contribution in [0.1, 0.15) is 37.0 Å². The lowest BCUT2D eigenvalue weighted by Gasteiger charge is -2.15. The van der Waals surface area contributed by atoms with Crippen LogP contribution < -0.4 is 4.72 Å². The van der Waals surface area contributed by atoms with E-state index in [-0.39, 0.29) is 6.04 Å². The maximum atomic E-state index is 12.2. The molecular weight excluding hydrogens is 234 g/mol. The Kier molecular flexibility index (Phi) is 4.33. The maximum Gasteiger partial charge on any atom is 0.241 e. The molecule has 0 bridgehead atoms. The standard InChI is InChI=1S/C13H21NO2S/c1-6-12(5)14-17(15,16)13-8-10(3)9(2)7-11(13)4/h7-8,12,14H,6H2,1-5H3. The highest BCUT2D eigenvalue weighted by Crippen LogP contribution is 2.20. The molecule has 0 saturated carbocycles. The van der Waals surface area contributed by atoms with E-state index in [9.17, 15) is 8.42 Å². The fourth-order valence-electron chi connectivity index (χ4n) is 1.64. The van der Waals surface area contributed by atoms with Gasteiger partial charge in [-0.05, 0) is 56.9 Å². The molecule has 0 aliphatic carbocycles. The first-order valence-electron chi connectivity index (χ1n) is 5.88. The van der Waals surface area contributed by atoms with Crippen molar-refractivity contribution in [2.24, 2.45) is 0 Å². The van der Waals surface area contributed by atoms with Crippen LogP contribution in [0.25, 0.3) is 0 Å². The molecular formula is C13H21NO2S. The Hall–Kier alpha value is -0.870. The van der Waals surface area contributed by atoms with E-state index in [0.29, 0.717) is 4.90 Å². The van der Waals surface area contributed by atoms with E-state index in [4.69, 9.17) is 0 Å². The van der Waals surface area contributed by atoms with Crippen molar-refractivity contribution in [3.05, 3.63) is 28.8 Å². The first-order chi connectivity index (χ1) is 7.77. The molecule has 0 radical (unpaired) electrons. The molecule has 0 aromatic heterocycles. The number of hydrogen-bond acceptors (Lipinski definition) is 2. The molecule has 1 aromatic carbocycles. The van der Waals surface area contributed by atoms with Gasteiger partial charge in [0.05, 0.1) is 4.90 Å². The summed E-state index contributed by atoms with van der Waals surface area (Å²) in [7, 11) is -3.39. The number of hydrogen-bond donors (Lipinski definition) is 1. The van der Waals surface area contributed by atoms with Crippen LogP contribution in [0, 0.1) is 20.8 Å². The summed E-state index contributed by atoms with van der Waals surface area (Å²) in [6.45, 7) is 9.57. The van der Waals surface area contributed by atoms with Gasteiger partial charge in [-0.1, -0.05) is 13.0 Å². The first-order valence-corrected chi connectivity index (χ1v) is 7.36. The minimum Gasteiger partial charge on any atom is -0.208 e. The topological polar surface area (TPSA) is 46.2 Å². The third kappa shape index (κ3) is 3.30. The van der Waals surface area contributed by atoms with E-state index in [1.54, 1.807) is 6.07 Å². The monoisotopic (exact) mass is 255 g/mol. The highest BCUT2D eigenvalue weighted by molar-refractivity contribution is 7.89. The van der Waals surface area contributed by atoms with Crippen LogP contribution in [0.3, 0.4) is 0 Å². The van der Waals surface area contributed by atoms with Gasteiger partial charge in [0.1, 0.15) is 0 Å². The van der Waals surface area contributed by atoms with Gasteiger partial charge in [0, 0.05) is 6.04 Å². The Morgan fingerprint density at radius 2 is 1.65 bits per heavy atom. The zero-order valence-electron chi connectivity index (χ0n) is 11.2. The SMILES string of the molecule is CCC(C)NS(=O)(=O)c1cc(C)c(C)cc1C. The van der Waals surface area contributed by atoms with Crippen LogP contribution >= 0.6 is 0 Å². The van der Waals surface area contributed by atoms with E-state index >= 15 is 0 Å². The van der Waals surface area contributed by atoms with E-state index in [1.807, 2.05) is 40.7 Å². The van der Waals surface area contributed by atoms with Gasteiger partial charge in [-0.15, -0.1) is 0 Å². The van der Waals surface area contributed by atoms with E-state index in [1.165, 1.54) is 0 Å². The lowest BCUT2D eigenvalue weighted by molar-refractivity contribution is 0.555. The summed E-state index contributed by atoms with van der Waals surface area (Å²) in [6, 6.07) is 3.62. The van der Waals surface area contributed by atoms with Crippen LogP contribution in [0.2, 0.25) is 0 Å². The Morgan fingerprint density at radius 1 is 1.12 bits per heavy atom. The van der Waals surface area contributed by atoms with E-state index in [2.05, 4.69) is 4.72 Å². The van der Waals surface area contributed by atoms with Gasteiger partial charge in [0.2, 0.25) is 10.0 Å². The number of rotatable bonds is 4. The fraction of sp³-hybridized carbons (Fsp3) is 0.538. The second-order valence-corrected chi connectivity index (χ2v) is 6.31. The van der Waals surface area contributed by atoms with Gasteiger partial charge in [0.15, 0.2) is 0 Å². The molecule has 0 aliphatic heterocycles. The Morgan fingerprint density at radius 3 is 2.18 bits per heavy atom. The fourth-order valence-corrected chi connectivity index (χ4v) is 3.27. The van der Waals surface area contributed by atoms with Crippen LogP contribution in [0.5, 0.6) is 0 Å². The summed E-state index contributed by atoms with van der Waals surface area (Å²) in [4.78, 5) is 0.390. The normalized spacial score (nSPS) is 13.7. The van der Waals surface area contributed by atoms with Crippen molar-refractivity contribution in [1.82, 2.24) is 4.72 Å². The Bertz CT molecular complexity index is 506. The molecule has 1 atom stereocenters. The smallest absolute Gasteiger partial charge is 0.208 e. The van der Waals surface area contributed by atoms with Crippen molar-refractivity contribution in [2.75, 3.05) is 0 Å². The average Bonchev–Trinajstić information content (AvgIpc) is 2.22. The zero-order valence-corrected chi connectivity index (χ0v) is 12.0. The largest absolute Gasteiger partial charge is 0.241 e. The van der Waals surface area contributed by atoms with Gasteiger partial charge in [-0.2, -0.15) is 0 Å². The molecule has 0 heterocycles. The molecule has 1 rings (SSSR count). The van der Waals surface area contributed by atoms with Gasteiger partial charge in [0.25, 0.3) is 0 Å². The zero-order chi connectivity index (χ0) is 13.2. The van der Waals surface area contributed by atoms with Crippen molar-refractivity contribution in [2.45, 2.75) is 52.0 Å². The minimum atomic E-state index is -3.39. The predicted octanol–water partition coefficient (Wildman–Crippen LogP) is 2.69. The van der Waals surface area contributed by atoms with Gasteiger partial charge >= 0.3 is 0 Å². The molecule has 1 N–H and O–H groups in total. The highest BCUT2D eigenvalue weighted by atomic mass is 32.2. The molecule has 1 unspecified atom stereocenters. The van der Waals surface area contributed by atoms with Crippen LogP contribution in [-0.4, -0.2) is 14.5 Å². The summed E-state index contributed by atoms with van der Waals surface area (Å²) in [5.74, 6) is 0. The van der Waals surface area contributed by atoms with Crippen molar-refractivity contribution >= 4 is 10.0 Å². The molecule has 0 spiro atoms. The van der Waals surface area contributed by atoms with Crippen LogP contribution in [0.4, 0.5) is 0 Å². The van der Waals surface area contributed by atoms with Crippen LogP contribution in [0.15, 0.2) is 17.0 Å². The third-order valence-corrected chi connectivity index (χ3v) is 4.78. The maximum absolute atomic E-state index is 12.2. The average molecular weight is 255 g/mol. The molecule has 0 saturated heterocycles. The lowest BCUT2D eigenvalue weighted by atomic mass is 10.1. The van der Waals surface area contributed by atoms with Gasteiger partial charge < -0.3 is 0 Å². The predicted molar refractivity (Wildman–Crippen MR) is 70.7 cm³/mol. The highest BCUT2D eigenvalue weighted by Gasteiger charge is 2.19. The number of nitrogens with one attached hydrogen (secondary N) is 1. The number of benzene rings is 1. The summed E-state index contributed by atoms with van der Waals surface area (Å²) in [5, 5.41) is 0. The van der Waals surface area contributed by atoms with Crippen LogP contribution in [-0.2, 0) is 10.0 Å². The van der Waals surface area contributed by atoms with E-state index in [0.717, 1.165) is 23.1 Å². The molecule has 96 valence electrons. The van der Waals surface area contributed by atoms with E-state index < -0.39 is 10.0 Å². The summed E-state index contributed by atoms with van der Waals surface area (Å²) in [6.07, 6.45) is 0.781. The molecule has 17 heavy (non-hydrogen) atoms. The molecule has 0 amide bonds. The molecule has 0 fully saturated rings. The molecule has 3 nitrogen and oxygen atoms in total. The lowest BCUT2D eigenvalue weighted by Crippen LogP contribution is -2.32. The third-order valence-electron chi connectivity index (χ3n) is 3.05. The second-order valence-electron chi connectivity index (χ2n) is 4.63. The Labute approximate surface area is 104 Å². The van der Waals surface area contributed by atoms with Gasteiger partial charge in [-0.25, -0.2) is 13.1 Å². The molecule has 4 heteroatoms. The van der Waals surface area contributed by atoms with Crippen molar-refractivity contribution in [1.29, 1.82) is 0 Å². The van der Waals surface area contributed by atoms with Gasteiger partial charge in [-0.3, -0.25) is 0 Å². The quantitative estimate of drug-likeness (QED) is 0.899. The second kappa shape index (κ2) is 5.19. The first kappa shape index (κ1) is 14.2. The van der Waals surface area contributed by atoms with Crippen molar-refractivity contribution in [3.63, 3.8) is 0 Å².